The van der Waals surface area contributed by atoms with Crippen molar-refractivity contribution >= 4 is 23.2 Å². The Kier molecular flexibility index (Phi) is 5.25. The van der Waals surface area contributed by atoms with Crippen molar-refractivity contribution in [3.05, 3.63) is 33.8 Å². The van der Waals surface area contributed by atoms with Gasteiger partial charge in [0.2, 0.25) is 0 Å². The first-order valence-electron chi connectivity index (χ1n) is 6.18. The molecule has 0 saturated carbocycles. The molecule has 0 spiro atoms. The summed E-state index contributed by atoms with van der Waals surface area (Å²) in [7, 11) is 0. The predicted octanol–water partition coefficient (Wildman–Crippen LogP) is 3.30. The zero-order chi connectivity index (χ0) is 13.0. The molecule has 2 nitrogen and oxygen atoms in total. The third-order valence-electron chi connectivity index (χ3n) is 3.31. The number of benzene rings is 1. The maximum atomic E-state index is 12.8. The molecule has 100 valence electrons. The van der Waals surface area contributed by atoms with Gasteiger partial charge in [-0.25, -0.2) is 0 Å². The van der Waals surface area contributed by atoms with Gasteiger partial charge in [0.15, 0.2) is 0 Å². The molecular formula is C13H17Cl2FN2. The van der Waals surface area contributed by atoms with Gasteiger partial charge in [0.05, 0.1) is 6.67 Å². The van der Waals surface area contributed by atoms with Gasteiger partial charge in [-0.1, -0.05) is 29.3 Å². The third-order valence-corrected chi connectivity index (χ3v) is 3.97. The summed E-state index contributed by atoms with van der Waals surface area (Å²) in [6, 6.07) is 5.42. The summed E-state index contributed by atoms with van der Waals surface area (Å²) in [5.41, 5.74) is 0.861. The summed E-state index contributed by atoms with van der Waals surface area (Å²) in [4.78, 5) is 2.25. The lowest BCUT2D eigenvalue weighted by Crippen LogP contribution is -2.45. The summed E-state index contributed by atoms with van der Waals surface area (Å²) in [5.74, 6) is 0. The average molecular weight is 291 g/mol. The van der Waals surface area contributed by atoms with E-state index in [1.54, 1.807) is 0 Å². The first-order valence-corrected chi connectivity index (χ1v) is 6.94. The van der Waals surface area contributed by atoms with Crippen molar-refractivity contribution in [2.24, 2.45) is 0 Å². The monoisotopic (exact) mass is 290 g/mol. The minimum Gasteiger partial charge on any atom is -0.314 e. The highest BCUT2D eigenvalue weighted by Crippen LogP contribution is 2.35. The molecule has 1 heterocycles. The van der Waals surface area contributed by atoms with E-state index in [4.69, 9.17) is 23.2 Å². The Bertz CT molecular complexity index is 374. The molecule has 1 fully saturated rings. The molecule has 1 saturated heterocycles. The quantitative estimate of drug-likeness (QED) is 0.915. The average Bonchev–Trinajstić information content (AvgIpc) is 2.38. The van der Waals surface area contributed by atoms with Crippen LogP contribution in [0.1, 0.15) is 18.0 Å². The van der Waals surface area contributed by atoms with E-state index in [1.807, 2.05) is 18.2 Å². The molecule has 1 N–H and O–H groups in total. The van der Waals surface area contributed by atoms with E-state index in [2.05, 4.69) is 10.2 Å². The van der Waals surface area contributed by atoms with Crippen molar-refractivity contribution in [3.8, 4) is 0 Å². The Hall–Kier alpha value is -0.350. The molecule has 0 aliphatic carbocycles. The fraction of sp³-hybridized carbons (Fsp3) is 0.538. The van der Waals surface area contributed by atoms with E-state index in [0.717, 1.165) is 31.7 Å². The third kappa shape index (κ3) is 3.15. The zero-order valence-corrected chi connectivity index (χ0v) is 11.6. The lowest BCUT2D eigenvalue weighted by molar-refractivity contribution is 0.157. The largest absolute Gasteiger partial charge is 0.314 e. The van der Waals surface area contributed by atoms with Crippen molar-refractivity contribution in [2.75, 3.05) is 32.9 Å². The SMILES string of the molecule is FCC[C@@H](c1c(Cl)cccc1Cl)N1CCNCC1. The topological polar surface area (TPSA) is 15.3 Å². The fourth-order valence-corrected chi connectivity index (χ4v) is 3.09. The Morgan fingerprint density at radius 2 is 1.83 bits per heavy atom. The van der Waals surface area contributed by atoms with Crippen LogP contribution in [0.5, 0.6) is 0 Å². The molecule has 1 aliphatic heterocycles. The highest BCUT2D eigenvalue weighted by Gasteiger charge is 2.25. The summed E-state index contributed by atoms with van der Waals surface area (Å²) in [6.45, 7) is 3.27. The van der Waals surface area contributed by atoms with Crippen molar-refractivity contribution in [1.29, 1.82) is 0 Å². The molecule has 0 unspecified atom stereocenters. The lowest BCUT2D eigenvalue weighted by Gasteiger charge is -2.35. The molecule has 0 radical (unpaired) electrons. The number of alkyl halides is 1. The van der Waals surface area contributed by atoms with Gasteiger partial charge in [-0.2, -0.15) is 0 Å². The van der Waals surface area contributed by atoms with Gasteiger partial charge in [-0.05, 0) is 18.6 Å². The van der Waals surface area contributed by atoms with Gasteiger partial charge < -0.3 is 5.32 Å². The van der Waals surface area contributed by atoms with Crippen molar-refractivity contribution in [3.63, 3.8) is 0 Å². The van der Waals surface area contributed by atoms with Crippen molar-refractivity contribution in [1.82, 2.24) is 10.2 Å². The smallest absolute Gasteiger partial charge is 0.0912 e. The van der Waals surface area contributed by atoms with E-state index in [9.17, 15) is 4.39 Å². The van der Waals surface area contributed by atoms with Crippen LogP contribution in [0.2, 0.25) is 10.0 Å². The zero-order valence-electron chi connectivity index (χ0n) is 10.1. The molecule has 1 aromatic carbocycles. The standard InChI is InChI=1S/C13H17Cl2FN2/c14-10-2-1-3-11(15)13(10)12(4-5-16)18-8-6-17-7-9-18/h1-3,12,17H,4-9H2/t12-/m0/s1. The summed E-state index contributed by atoms with van der Waals surface area (Å²) < 4.78 is 12.8. The number of piperazine rings is 1. The first-order chi connectivity index (χ1) is 8.74. The van der Waals surface area contributed by atoms with E-state index >= 15 is 0 Å². The normalized spacial score (nSPS) is 18.8. The van der Waals surface area contributed by atoms with Crippen LogP contribution in [-0.4, -0.2) is 37.8 Å². The van der Waals surface area contributed by atoms with Crippen LogP contribution >= 0.6 is 23.2 Å². The predicted molar refractivity (Wildman–Crippen MR) is 74.2 cm³/mol. The van der Waals surface area contributed by atoms with Gasteiger partial charge in [0.1, 0.15) is 0 Å². The molecule has 0 bridgehead atoms. The van der Waals surface area contributed by atoms with Gasteiger partial charge in [-0.15, -0.1) is 0 Å². The number of rotatable bonds is 4. The number of nitrogens with one attached hydrogen (secondary N) is 1. The molecule has 0 amide bonds. The van der Waals surface area contributed by atoms with Crippen LogP contribution in [0.15, 0.2) is 18.2 Å². The minimum atomic E-state index is -0.365. The second-order valence-electron chi connectivity index (χ2n) is 4.41. The molecule has 1 aliphatic rings. The Balaban J connectivity index is 2.28. The lowest BCUT2D eigenvalue weighted by atomic mass is 10.0. The molecule has 0 aromatic heterocycles. The Morgan fingerprint density at radius 1 is 1.22 bits per heavy atom. The molecular weight excluding hydrogens is 274 g/mol. The summed E-state index contributed by atoms with van der Waals surface area (Å²) in [6.07, 6.45) is 0.434. The maximum absolute atomic E-state index is 12.8. The van der Waals surface area contributed by atoms with E-state index in [0.29, 0.717) is 16.5 Å². The Morgan fingerprint density at radius 3 is 2.39 bits per heavy atom. The molecule has 1 aromatic rings. The number of hydrogen-bond acceptors (Lipinski definition) is 2. The van der Waals surface area contributed by atoms with E-state index in [1.165, 1.54) is 0 Å². The molecule has 2 rings (SSSR count). The van der Waals surface area contributed by atoms with Crippen LogP contribution in [0.3, 0.4) is 0 Å². The number of hydrogen-bond donors (Lipinski definition) is 1. The van der Waals surface area contributed by atoms with Gasteiger partial charge in [-0.3, -0.25) is 9.29 Å². The number of nitrogens with zero attached hydrogens (tertiary/aromatic N) is 1. The Labute approximate surface area is 117 Å². The minimum absolute atomic E-state index is 0.0294. The molecule has 5 heteroatoms. The van der Waals surface area contributed by atoms with Gasteiger partial charge >= 0.3 is 0 Å². The van der Waals surface area contributed by atoms with Crippen LogP contribution in [0.4, 0.5) is 4.39 Å². The van der Waals surface area contributed by atoms with Gasteiger partial charge in [0, 0.05) is 47.8 Å². The maximum Gasteiger partial charge on any atom is 0.0912 e. The molecule has 1 atom stereocenters. The summed E-state index contributed by atoms with van der Waals surface area (Å²) >= 11 is 12.5. The highest BCUT2D eigenvalue weighted by atomic mass is 35.5. The summed E-state index contributed by atoms with van der Waals surface area (Å²) in [5, 5.41) is 4.54. The first kappa shape index (κ1) is 14.1. The number of halogens is 3. The van der Waals surface area contributed by atoms with E-state index in [-0.39, 0.29) is 12.7 Å². The second-order valence-corrected chi connectivity index (χ2v) is 5.23. The van der Waals surface area contributed by atoms with Crippen LogP contribution in [0, 0.1) is 0 Å². The highest BCUT2D eigenvalue weighted by molar-refractivity contribution is 6.36. The van der Waals surface area contributed by atoms with E-state index < -0.39 is 0 Å². The van der Waals surface area contributed by atoms with Crippen LogP contribution < -0.4 is 5.32 Å². The van der Waals surface area contributed by atoms with Crippen molar-refractivity contribution < 1.29 is 4.39 Å². The molecule has 18 heavy (non-hydrogen) atoms. The van der Waals surface area contributed by atoms with Crippen LogP contribution in [0.25, 0.3) is 0 Å². The fourth-order valence-electron chi connectivity index (χ4n) is 2.44. The van der Waals surface area contributed by atoms with Crippen molar-refractivity contribution in [2.45, 2.75) is 12.5 Å². The van der Waals surface area contributed by atoms with Gasteiger partial charge in [0.25, 0.3) is 0 Å². The van der Waals surface area contributed by atoms with Crippen LogP contribution in [-0.2, 0) is 0 Å². The second kappa shape index (κ2) is 6.71.